The van der Waals surface area contributed by atoms with Gasteiger partial charge in [0.2, 0.25) is 0 Å². The summed E-state index contributed by atoms with van der Waals surface area (Å²) in [7, 11) is 0.502. The zero-order valence-electron chi connectivity index (χ0n) is 11.7. The standard InChI is InChI=1S/C13H17BF2O3/c1-12(2)13(3,4)19-14(18-12)8-6-7-9(15)10(16)11(8)17-5/h6-7H,1-5H3. The van der Waals surface area contributed by atoms with Gasteiger partial charge in [0.15, 0.2) is 17.4 Å². The molecular weight excluding hydrogens is 253 g/mol. The molecule has 1 aromatic rings. The molecule has 0 saturated carbocycles. The van der Waals surface area contributed by atoms with Gasteiger partial charge < -0.3 is 14.0 Å². The molecule has 1 heterocycles. The fraction of sp³-hybridized carbons (Fsp3) is 0.538. The van der Waals surface area contributed by atoms with Gasteiger partial charge in [-0.05, 0) is 33.8 Å². The van der Waals surface area contributed by atoms with Crippen LogP contribution in [0, 0.1) is 11.6 Å². The number of ether oxygens (including phenoxy) is 1. The van der Waals surface area contributed by atoms with Gasteiger partial charge >= 0.3 is 7.12 Å². The molecule has 2 rings (SSSR count). The summed E-state index contributed by atoms with van der Waals surface area (Å²) in [5.74, 6) is -2.18. The van der Waals surface area contributed by atoms with Crippen molar-refractivity contribution in [2.45, 2.75) is 38.9 Å². The number of benzene rings is 1. The third-order valence-corrected chi connectivity index (χ3v) is 3.79. The minimum Gasteiger partial charge on any atom is -0.494 e. The van der Waals surface area contributed by atoms with Crippen LogP contribution in [0.2, 0.25) is 0 Å². The fourth-order valence-corrected chi connectivity index (χ4v) is 1.91. The Morgan fingerprint density at radius 1 is 1.05 bits per heavy atom. The lowest BCUT2D eigenvalue weighted by Crippen LogP contribution is -2.41. The maximum absolute atomic E-state index is 13.7. The van der Waals surface area contributed by atoms with E-state index in [-0.39, 0.29) is 5.75 Å². The van der Waals surface area contributed by atoms with E-state index in [4.69, 9.17) is 14.0 Å². The summed E-state index contributed by atoms with van der Waals surface area (Å²) in [6.07, 6.45) is 0. The third-order valence-electron chi connectivity index (χ3n) is 3.79. The van der Waals surface area contributed by atoms with Crippen LogP contribution in [-0.4, -0.2) is 25.4 Å². The van der Waals surface area contributed by atoms with Crippen LogP contribution in [0.15, 0.2) is 12.1 Å². The smallest absolute Gasteiger partial charge is 0.494 e. The molecule has 0 aliphatic carbocycles. The second kappa shape index (κ2) is 4.46. The first-order valence-electron chi connectivity index (χ1n) is 6.07. The summed E-state index contributed by atoms with van der Waals surface area (Å²) in [6, 6.07) is 2.46. The van der Waals surface area contributed by atoms with Gasteiger partial charge in [-0.3, -0.25) is 0 Å². The van der Waals surface area contributed by atoms with Gasteiger partial charge in [-0.25, -0.2) is 4.39 Å². The van der Waals surface area contributed by atoms with E-state index in [1.165, 1.54) is 13.2 Å². The first kappa shape index (κ1) is 14.3. The quantitative estimate of drug-likeness (QED) is 0.771. The van der Waals surface area contributed by atoms with E-state index in [9.17, 15) is 8.78 Å². The van der Waals surface area contributed by atoms with Crippen LogP contribution in [0.4, 0.5) is 8.78 Å². The molecule has 0 N–H and O–H groups in total. The Hall–Kier alpha value is -1.14. The molecular formula is C13H17BF2O3. The highest BCUT2D eigenvalue weighted by molar-refractivity contribution is 6.63. The van der Waals surface area contributed by atoms with Crippen LogP contribution in [0.5, 0.6) is 5.75 Å². The number of hydrogen-bond donors (Lipinski definition) is 0. The average Bonchev–Trinajstić information content (AvgIpc) is 2.51. The molecule has 6 heteroatoms. The highest BCUT2D eigenvalue weighted by atomic mass is 19.2. The Bertz CT molecular complexity index is 487. The maximum Gasteiger partial charge on any atom is 0.498 e. The second-order valence-electron chi connectivity index (χ2n) is 5.57. The molecule has 19 heavy (non-hydrogen) atoms. The van der Waals surface area contributed by atoms with E-state index in [0.717, 1.165) is 6.07 Å². The second-order valence-corrected chi connectivity index (χ2v) is 5.57. The monoisotopic (exact) mass is 270 g/mol. The molecule has 0 bridgehead atoms. The fourth-order valence-electron chi connectivity index (χ4n) is 1.91. The molecule has 0 aromatic heterocycles. The van der Waals surface area contributed by atoms with Crippen molar-refractivity contribution < 1.29 is 22.8 Å². The van der Waals surface area contributed by atoms with E-state index in [2.05, 4.69) is 0 Å². The van der Waals surface area contributed by atoms with Gasteiger partial charge in [0, 0.05) is 5.46 Å². The molecule has 0 atom stereocenters. The largest absolute Gasteiger partial charge is 0.498 e. The van der Waals surface area contributed by atoms with Gasteiger partial charge in [0.1, 0.15) is 0 Å². The molecule has 0 radical (unpaired) electrons. The Morgan fingerprint density at radius 3 is 2.05 bits per heavy atom. The lowest BCUT2D eigenvalue weighted by molar-refractivity contribution is 0.00578. The van der Waals surface area contributed by atoms with Crippen LogP contribution in [0.3, 0.4) is 0 Å². The molecule has 1 aliphatic heterocycles. The van der Waals surface area contributed by atoms with Gasteiger partial charge in [-0.15, -0.1) is 0 Å². The summed E-state index contributed by atoms with van der Waals surface area (Å²) < 4.78 is 43.4. The lowest BCUT2D eigenvalue weighted by Gasteiger charge is -2.32. The van der Waals surface area contributed by atoms with Gasteiger partial charge in [0.05, 0.1) is 18.3 Å². The average molecular weight is 270 g/mol. The van der Waals surface area contributed by atoms with Crippen LogP contribution < -0.4 is 10.2 Å². The Kier molecular flexibility index (Phi) is 3.35. The van der Waals surface area contributed by atoms with Crippen molar-refractivity contribution in [3.8, 4) is 5.75 Å². The van der Waals surface area contributed by atoms with E-state index < -0.39 is 30.0 Å². The molecule has 1 aliphatic rings. The van der Waals surface area contributed by atoms with Gasteiger partial charge in [-0.2, -0.15) is 4.39 Å². The third kappa shape index (κ3) is 2.23. The minimum atomic E-state index is -1.03. The number of hydrogen-bond acceptors (Lipinski definition) is 3. The van der Waals surface area contributed by atoms with Crippen molar-refractivity contribution in [3.05, 3.63) is 23.8 Å². The zero-order chi connectivity index (χ0) is 14.4. The molecule has 1 saturated heterocycles. The summed E-state index contributed by atoms with van der Waals surface area (Å²) in [5.41, 5.74) is -0.749. The van der Waals surface area contributed by atoms with Gasteiger partial charge in [-0.1, -0.05) is 6.07 Å². The van der Waals surface area contributed by atoms with Crippen LogP contribution >= 0.6 is 0 Å². The molecule has 1 fully saturated rings. The summed E-state index contributed by atoms with van der Waals surface area (Å²) >= 11 is 0. The Morgan fingerprint density at radius 2 is 1.58 bits per heavy atom. The Labute approximate surface area is 112 Å². The summed E-state index contributed by atoms with van der Waals surface area (Å²) in [5, 5.41) is 0. The number of methoxy groups -OCH3 is 1. The lowest BCUT2D eigenvalue weighted by atomic mass is 9.78. The number of halogens is 2. The van der Waals surface area contributed by atoms with Crippen LogP contribution in [-0.2, 0) is 9.31 Å². The summed E-state index contributed by atoms with van der Waals surface area (Å²) in [6.45, 7) is 7.55. The SMILES string of the molecule is COc1c(B2OC(C)(C)C(C)(C)O2)ccc(F)c1F. The molecule has 0 amide bonds. The van der Waals surface area contributed by atoms with E-state index >= 15 is 0 Å². The molecule has 104 valence electrons. The van der Waals surface area contributed by atoms with E-state index in [1.54, 1.807) is 0 Å². The molecule has 3 nitrogen and oxygen atoms in total. The maximum atomic E-state index is 13.7. The van der Waals surface area contributed by atoms with Gasteiger partial charge in [0.25, 0.3) is 0 Å². The first-order chi connectivity index (χ1) is 8.69. The van der Waals surface area contributed by atoms with Crippen molar-refractivity contribution in [1.29, 1.82) is 0 Å². The Balaban J connectivity index is 2.43. The van der Waals surface area contributed by atoms with Crippen LogP contribution in [0.25, 0.3) is 0 Å². The van der Waals surface area contributed by atoms with Crippen molar-refractivity contribution in [1.82, 2.24) is 0 Å². The zero-order valence-corrected chi connectivity index (χ0v) is 11.7. The van der Waals surface area contributed by atoms with Crippen molar-refractivity contribution >= 4 is 12.6 Å². The molecule has 1 aromatic carbocycles. The number of rotatable bonds is 2. The minimum absolute atomic E-state index is 0.182. The summed E-state index contributed by atoms with van der Waals surface area (Å²) in [4.78, 5) is 0. The van der Waals surface area contributed by atoms with Crippen molar-refractivity contribution in [2.75, 3.05) is 7.11 Å². The normalized spacial score (nSPS) is 20.7. The van der Waals surface area contributed by atoms with Crippen LogP contribution in [0.1, 0.15) is 27.7 Å². The first-order valence-corrected chi connectivity index (χ1v) is 6.07. The highest BCUT2D eigenvalue weighted by Gasteiger charge is 2.52. The van der Waals surface area contributed by atoms with Crippen molar-refractivity contribution in [3.63, 3.8) is 0 Å². The van der Waals surface area contributed by atoms with E-state index in [0.29, 0.717) is 5.46 Å². The highest BCUT2D eigenvalue weighted by Crippen LogP contribution is 2.37. The molecule has 0 spiro atoms. The predicted octanol–water partition coefficient (Wildman–Crippen LogP) is 2.27. The van der Waals surface area contributed by atoms with Crippen molar-refractivity contribution in [2.24, 2.45) is 0 Å². The topological polar surface area (TPSA) is 27.7 Å². The van der Waals surface area contributed by atoms with E-state index in [1.807, 2.05) is 27.7 Å². The molecule has 0 unspecified atom stereocenters. The predicted molar refractivity (Wildman–Crippen MR) is 68.6 cm³/mol.